The average molecular weight is 303 g/mol. The molecule has 0 aliphatic heterocycles. The zero-order chi connectivity index (χ0) is 14.6. The smallest absolute Gasteiger partial charge is 0.321 e. The van der Waals surface area contributed by atoms with Crippen molar-refractivity contribution < 1.29 is 31.1 Å². The highest BCUT2D eigenvalue weighted by molar-refractivity contribution is 7.99. The molecular weight excluding hydrogens is 296 g/mol. The molecule has 0 atom stereocenters. The number of carbonyl (C=O) groups is 1. The van der Waals surface area contributed by atoms with E-state index < -0.39 is 24.0 Å². The monoisotopic (exact) mass is 303 g/mol. The normalized spacial score (nSPS) is 12.0. The van der Waals surface area contributed by atoms with Crippen LogP contribution >= 0.6 is 11.8 Å². The predicted molar refractivity (Wildman–Crippen MR) is 57.9 cm³/mol. The third kappa shape index (κ3) is 4.34. The molecule has 0 fully saturated rings. The van der Waals surface area contributed by atoms with Gasteiger partial charge in [0.05, 0.1) is 0 Å². The second-order valence-electron chi connectivity index (χ2n) is 3.28. The SMILES string of the molecule is O=C(Nc1ccc(SC(F)F)cc1)C(F)(F)C(F)F. The maximum Gasteiger partial charge on any atom is 0.383 e. The van der Waals surface area contributed by atoms with Crippen LogP contribution in [0.4, 0.5) is 32.0 Å². The number of hydrogen-bond acceptors (Lipinski definition) is 2. The summed E-state index contributed by atoms with van der Waals surface area (Å²) >= 11 is 0.222. The molecular formula is C10H7F6NOS. The molecule has 0 heterocycles. The predicted octanol–water partition coefficient (Wildman–Crippen LogP) is 3.84. The molecule has 2 nitrogen and oxygen atoms in total. The molecule has 1 N–H and O–H groups in total. The number of carbonyl (C=O) groups excluding carboxylic acids is 1. The van der Waals surface area contributed by atoms with E-state index in [9.17, 15) is 31.1 Å². The molecule has 0 aromatic heterocycles. The lowest BCUT2D eigenvalue weighted by Crippen LogP contribution is -2.40. The van der Waals surface area contributed by atoms with Gasteiger partial charge >= 0.3 is 18.3 Å². The summed E-state index contributed by atoms with van der Waals surface area (Å²) in [5, 5.41) is 1.58. The Kier molecular flexibility index (Phi) is 5.10. The molecule has 106 valence electrons. The first-order valence-electron chi connectivity index (χ1n) is 4.75. The topological polar surface area (TPSA) is 29.1 Å². The number of anilines is 1. The van der Waals surface area contributed by atoms with Gasteiger partial charge in [0.1, 0.15) is 0 Å². The fraction of sp³-hybridized carbons (Fsp3) is 0.300. The number of amides is 1. The Labute approximate surface area is 108 Å². The minimum Gasteiger partial charge on any atom is -0.321 e. The van der Waals surface area contributed by atoms with Gasteiger partial charge in [-0.15, -0.1) is 0 Å². The molecule has 0 aliphatic rings. The van der Waals surface area contributed by atoms with Gasteiger partial charge in [0.25, 0.3) is 5.76 Å². The van der Waals surface area contributed by atoms with Crippen molar-refractivity contribution in [2.24, 2.45) is 0 Å². The summed E-state index contributed by atoms with van der Waals surface area (Å²) in [7, 11) is 0. The first kappa shape index (κ1) is 15.7. The summed E-state index contributed by atoms with van der Waals surface area (Å²) in [5.74, 6) is -9.61. The first-order chi connectivity index (χ1) is 8.73. The van der Waals surface area contributed by atoms with Crippen LogP contribution in [-0.2, 0) is 4.79 Å². The van der Waals surface area contributed by atoms with E-state index in [0.29, 0.717) is 0 Å². The van der Waals surface area contributed by atoms with E-state index in [1.165, 1.54) is 0 Å². The van der Waals surface area contributed by atoms with Gasteiger partial charge in [0.2, 0.25) is 0 Å². The minimum absolute atomic E-state index is 0.147. The van der Waals surface area contributed by atoms with Crippen LogP contribution in [0.5, 0.6) is 0 Å². The maximum absolute atomic E-state index is 12.6. The van der Waals surface area contributed by atoms with Crippen LogP contribution in [0, 0.1) is 0 Å². The van der Waals surface area contributed by atoms with Crippen molar-refractivity contribution in [3.63, 3.8) is 0 Å². The summed E-state index contributed by atoms with van der Waals surface area (Å²) < 4.78 is 72.9. The van der Waals surface area contributed by atoms with E-state index in [1.54, 1.807) is 5.32 Å². The van der Waals surface area contributed by atoms with Gasteiger partial charge in [-0.05, 0) is 24.3 Å². The van der Waals surface area contributed by atoms with Crippen molar-refractivity contribution in [3.05, 3.63) is 24.3 Å². The van der Waals surface area contributed by atoms with Crippen LogP contribution in [0.2, 0.25) is 0 Å². The lowest BCUT2D eigenvalue weighted by atomic mass is 10.3. The molecule has 0 saturated heterocycles. The van der Waals surface area contributed by atoms with Crippen molar-refractivity contribution in [3.8, 4) is 0 Å². The van der Waals surface area contributed by atoms with Gasteiger partial charge in [-0.25, -0.2) is 8.78 Å². The second-order valence-corrected chi connectivity index (χ2v) is 4.34. The van der Waals surface area contributed by atoms with Crippen molar-refractivity contribution in [2.75, 3.05) is 5.32 Å². The molecule has 0 saturated carbocycles. The van der Waals surface area contributed by atoms with Gasteiger partial charge in [0.15, 0.2) is 0 Å². The molecule has 0 spiro atoms. The maximum atomic E-state index is 12.6. The molecule has 9 heteroatoms. The van der Waals surface area contributed by atoms with Crippen molar-refractivity contribution >= 4 is 23.4 Å². The van der Waals surface area contributed by atoms with Gasteiger partial charge in [-0.2, -0.15) is 17.6 Å². The van der Waals surface area contributed by atoms with Crippen LogP contribution in [0.3, 0.4) is 0 Å². The standard InChI is InChI=1S/C10H7F6NOS/c11-7(12)10(15,16)8(18)17-5-1-3-6(4-2-5)19-9(13)14/h1-4,7,9H,(H,17,18). The van der Waals surface area contributed by atoms with Gasteiger partial charge in [-0.3, -0.25) is 4.79 Å². The highest BCUT2D eigenvalue weighted by atomic mass is 32.2. The third-order valence-corrected chi connectivity index (χ3v) is 2.64. The van der Waals surface area contributed by atoms with E-state index in [-0.39, 0.29) is 22.3 Å². The number of hydrogen-bond donors (Lipinski definition) is 1. The first-order valence-corrected chi connectivity index (χ1v) is 5.63. The van der Waals surface area contributed by atoms with E-state index in [0.717, 1.165) is 24.3 Å². The van der Waals surface area contributed by atoms with Crippen molar-refractivity contribution in [1.29, 1.82) is 0 Å². The minimum atomic E-state index is -4.81. The molecule has 0 bridgehead atoms. The summed E-state index contributed by atoms with van der Waals surface area (Å²) in [6.07, 6.45) is -4.12. The summed E-state index contributed by atoms with van der Waals surface area (Å²) in [6.45, 7) is 0. The second kappa shape index (κ2) is 6.18. The third-order valence-electron chi connectivity index (χ3n) is 1.91. The van der Waals surface area contributed by atoms with Crippen LogP contribution in [0.1, 0.15) is 0 Å². The molecule has 1 amide bonds. The van der Waals surface area contributed by atoms with Gasteiger partial charge in [0, 0.05) is 10.6 Å². The molecule has 0 aliphatic carbocycles. The number of nitrogens with one attached hydrogen (secondary N) is 1. The number of thioether (sulfide) groups is 1. The molecule has 1 aromatic rings. The van der Waals surface area contributed by atoms with E-state index in [1.807, 2.05) is 0 Å². The van der Waals surface area contributed by atoms with E-state index in [4.69, 9.17) is 0 Å². The quantitative estimate of drug-likeness (QED) is 0.661. The Bertz CT molecular complexity index is 436. The van der Waals surface area contributed by atoms with Gasteiger partial charge < -0.3 is 5.32 Å². The molecule has 1 aromatic carbocycles. The molecule has 1 rings (SSSR count). The van der Waals surface area contributed by atoms with Crippen molar-refractivity contribution in [2.45, 2.75) is 23.0 Å². The Morgan fingerprint density at radius 1 is 1.11 bits per heavy atom. The Morgan fingerprint density at radius 3 is 2.05 bits per heavy atom. The Balaban J connectivity index is 2.71. The number of alkyl halides is 6. The van der Waals surface area contributed by atoms with Crippen molar-refractivity contribution in [1.82, 2.24) is 0 Å². The van der Waals surface area contributed by atoms with Gasteiger partial charge in [-0.1, -0.05) is 11.8 Å². The summed E-state index contributed by atoms with van der Waals surface area (Å²) in [6, 6.07) is 4.41. The molecule has 0 radical (unpaired) electrons. The van der Waals surface area contributed by atoms with E-state index >= 15 is 0 Å². The highest BCUT2D eigenvalue weighted by Crippen LogP contribution is 2.28. The van der Waals surface area contributed by atoms with Crippen LogP contribution in [0.15, 0.2) is 29.2 Å². The molecule has 19 heavy (non-hydrogen) atoms. The lowest BCUT2D eigenvalue weighted by molar-refractivity contribution is -0.163. The highest BCUT2D eigenvalue weighted by Gasteiger charge is 2.48. The zero-order valence-electron chi connectivity index (χ0n) is 9.05. The van der Waals surface area contributed by atoms with Crippen LogP contribution in [-0.4, -0.2) is 24.0 Å². The number of rotatable bonds is 5. The Morgan fingerprint density at radius 2 is 1.63 bits per heavy atom. The number of halogens is 6. The lowest BCUT2D eigenvalue weighted by Gasteiger charge is -2.14. The summed E-state index contributed by atoms with van der Waals surface area (Å²) in [5.41, 5.74) is -0.191. The fourth-order valence-electron chi connectivity index (χ4n) is 1.03. The average Bonchev–Trinajstić information content (AvgIpc) is 2.30. The largest absolute Gasteiger partial charge is 0.383 e. The van der Waals surface area contributed by atoms with Crippen LogP contribution in [0.25, 0.3) is 0 Å². The molecule has 0 unspecified atom stereocenters. The zero-order valence-corrected chi connectivity index (χ0v) is 9.86. The number of benzene rings is 1. The fourth-order valence-corrected chi connectivity index (χ4v) is 1.53. The van der Waals surface area contributed by atoms with E-state index in [2.05, 4.69) is 0 Å². The van der Waals surface area contributed by atoms with Crippen LogP contribution < -0.4 is 5.32 Å². The summed E-state index contributed by atoms with van der Waals surface area (Å²) in [4.78, 5) is 11.0. The Hall–Kier alpha value is -1.38.